The third kappa shape index (κ3) is 3.55. The summed E-state index contributed by atoms with van der Waals surface area (Å²) in [6.45, 7) is 2.02. The number of amides is 1. The van der Waals surface area contributed by atoms with Crippen LogP contribution in [0.15, 0.2) is 48.5 Å². The van der Waals surface area contributed by atoms with Crippen molar-refractivity contribution in [1.29, 1.82) is 0 Å². The Morgan fingerprint density at radius 1 is 1.04 bits per heavy atom. The highest BCUT2D eigenvalue weighted by atomic mass is 32.2. The van der Waals surface area contributed by atoms with Crippen molar-refractivity contribution < 1.29 is 19.1 Å². The van der Waals surface area contributed by atoms with Crippen LogP contribution in [-0.2, 0) is 9.53 Å². The number of methoxy groups -OCH3 is 2. The normalized spacial score (nSPS) is 19.3. The zero-order valence-electron chi connectivity index (χ0n) is 15.0. The molecule has 2 aromatic rings. The molecule has 26 heavy (non-hydrogen) atoms. The van der Waals surface area contributed by atoms with E-state index in [9.17, 15) is 9.59 Å². The van der Waals surface area contributed by atoms with Gasteiger partial charge in [0.25, 0.3) is 5.91 Å². The van der Waals surface area contributed by atoms with Gasteiger partial charge in [-0.1, -0.05) is 29.8 Å². The SMILES string of the molecule is COC(=O)C1CSC(c2ccc(C)cc2)N1C(=O)c1ccc(OC)cc1. The summed E-state index contributed by atoms with van der Waals surface area (Å²) in [5, 5.41) is -0.227. The minimum absolute atomic E-state index is 0.196. The number of rotatable bonds is 4. The molecule has 5 nitrogen and oxygen atoms in total. The molecule has 2 unspecified atom stereocenters. The average Bonchev–Trinajstić information content (AvgIpc) is 3.12. The minimum atomic E-state index is -0.606. The highest BCUT2D eigenvalue weighted by Crippen LogP contribution is 2.42. The Bertz CT molecular complexity index is 788. The van der Waals surface area contributed by atoms with E-state index >= 15 is 0 Å². The molecular formula is C20H21NO4S. The molecule has 0 radical (unpaired) electrons. The number of carbonyl (C=O) groups excluding carboxylic acids is 2. The van der Waals surface area contributed by atoms with Crippen LogP contribution < -0.4 is 4.74 Å². The fourth-order valence-corrected chi connectivity index (χ4v) is 4.36. The fourth-order valence-electron chi connectivity index (χ4n) is 2.94. The van der Waals surface area contributed by atoms with Gasteiger partial charge in [0.2, 0.25) is 0 Å². The van der Waals surface area contributed by atoms with Gasteiger partial charge in [0.05, 0.1) is 14.2 Å². The van der Waals surface area contributed by atoms with Crippen molar-refractivity contribution in [3.63, 3.8) is 0 Å². The van der Waals surface area contributed by atoms with Crippen LogP contribution in [0.5, 0.6) is 5.75 Å². The highest BCUT2D eigenvalue weighted by Gasteiger charge is 2.43. The number of esters is 1. The molecule has 0 saturated carbocycles. The first-order chi connectivity index (χ1) is 12.5. The lowest BCUT2D eigenvalue weighted by Gasteiger charge is -2.28. The van der Waals surface area contributed by atoms with Gasteiger partial charge in [-0.15, -0.1) is 11.8 Å². The van der Waals surface area contributed by atoms with Gasteiger partial charge >= 0.3 is 5.97 Å². The van der Waals surface area contributed by atoms with Gasteiger partial charge in [-0.2, -0.15) is 0 Å². The maximum atomic E-state index is 13.2. The number of hydrogen-bond donors (Lipinski definition) is 0. The topological polar surface area (TPSA) is 55.8 Å². The van der Waals surface area contributed by atoms with Crippen LogP contribution in [0, 0.1) is 6.92 Å². The summed E-state index contributed by atoms with van der Waals surface area (Å²) < 4.78 is 10.1. The summed E-state index contributed by atoms with van der Waals surface area (Å²) >= 11 is 1.57. The summed E-state index contributed by atoms with van der Waals surface area (Å²) in [5.41, 5.74) is 2.66. The molecule has 1 amide bonds. The molecule has 1 saturated heterocycles. The van der Waals surface area contributed by atoms with Crippen molar-refractivity contribution >= 4 is 23.6 Å². The van der Waals surface area contributed by atoms with Gasteiger partial charge < -0.3 is 14.4 Å². The maximum absolute atomic E-state index is 13.2. The van der Waals surface area contributed by atoms with Crippen LogP contribution in [0.4, 0.5) is 0 Å². The lowest BCUT2D eigenvalue weighted by atomic mass is 10.1. The quantitative estimate of drug-likeness (QED) is 0.771. The van der Waals surface area contributed by atoms with Crippen LogP contribution in [0.25, 0.3) is 0 Å². The lowest BCUT2D eigenvalue weighted by molar-refractivity contribution is -0.145. The number of hydrogen-bond acceptors (Lipinski definition) is 5. The van der Waals surface area contributed by atoms with E-state index < -0.39 is 12.0 Å². The van der Waals surface area contributed by atoms with Crippen LogP contribution in [-0.4, -0.2) is 42.8 Å². The van der Waals surface area contributed by atoms with Crippen molar-refractivity contribution in [3.05, 3.63) is 65.2 Å². The molecule has 2 aromatic carbocycles. The number of ether oxygens (including phenoxy) is 2. The first-order valence-electron chi connectivity index (χ1n) is 8.28. The predicted octanol–water partition coefficient (Wildman–Crippen LogP) is 3.43. The second-order valence-electron chi connectivity index (χ2n) is 6.08. The van der Waals surface area contributed by atoms with E-state index in [1.807, 2.05) is 31.2 Å². The molecule has 3 rings (SSSR count). The van der Waals surface area contributed by atoms with E-state index in [1.165, 1.54) is 7.11 Å². The van der Waals surface area contributed by atoms with E-state index in [2.05, 4.69) is 0 Å². The van der Waals surface area contributed by atoms with Crippen molar-refractivity contribution in [2.45, 2.75) is 18.3 Å². The standard InChI is InChI=1S/C20H21NO4S/c1-13-4-6-15(7-5-13)19-21(17(12-26-19)20(23)25-3)18(22)14-8-10-16(24-2)11-9-14/h4-11,17,19H,12H2,1-3H3. The molecule has 2 atom stereocenters. The Morgan fingerprint density at radius 2 is 1.69 bits per heavy atom. The number of benzene rings is 2. The van der Waals surface area contributed by atoms with Gasteiger partial charge in [-0.05, 0) is 36.8 Å². The lowest BCUT2D eigenvalue weighted by Crippen LogP contribution is -2.43. The Hall–Kier alpha value is -2.47. The van der Waals surface area contributed by atoms with E-state index in [-0.39, 0.29) is 11.3 Å². The van der Waals surface area contributed by atoms with Crippen molar-refractivity contribution in [2.75, 3.05) is 20.0 Å². The van der Waals surface area contributed by atoms with Gasteiger partial charge in [0.1, 0.15) is 17.2 Å². The van der Waals surface area contributed by atoms with E-state index in [4.69, 9.17) is 9.47 Å². The summed E-state index contributed by atoms with van der Waals surface area (Å²) in [5.74, 6) is 0.595. The second-order valence-corrected chi connectivity index (χ2v) is 7.19. The maximum Gasteiger partial charge on any atom is 0.329 e. The molecule has 1 heterocycles. The third-order valence-corrected chi connectivity index (χ3v) is 5.73. The van der Waals surface area contributed by atoms with Crippen LogP contribution in [0.2, 0.25) is 0 Å². The van der Waals surface area contributed by atoms with Gasteiger partial charge in [-0.3, -0.25) is 4.79 Å². The molecule has 6 heteroatoms. The molecule has 1 aliphatic heterocycles. The van der Waals surface area contributed by atoms with Gasteiger partial charge in [-0.25, -0.2) is 4.79 Å². The minimum Gasteiger partial charge on any atom is -0.497 e. The van der Waals surface area contributed by atoms with Crippen LogP contribution in [0.3, 0.4) is 0 Å². The number of thioether (sulfide) groups is 1. The molecule has 136 valence electrons. The van der Waals surface area contributed by atoms with E-state index in [0.29, 0.717) is 17.1 Å². The van der Waals surface area contributed by atoms with Crippen LogP contribution in [0.1, 0.15) is 26.9 Å². The summed E-state index contributed by atoms with van der Waals surface area (Å²) in [7, 11) is 2.93. The molecule has 1 aliphatic rings. The Morgan fingerprint density at radius 3 is 2.27 bits per heavy atom. The van der Waals surface area contributed by atoms with Crippen molar-refractivity contribution in [3.8, 4) is 5.75 Å². The molecule has 0 aromatic heterocycles. The average molecular weight is 371 g/mol. The predicted molar refractivity (Wildman–Crippen MR) is 101 cm³/mol. The Balaban J connectivity index is 1.95. The molecule has 0 N–H and O–H groups in total. The Kier molecular flexibility index (Phi) is 5.52. The molecule has 0 aliphatic carbocycles. The number of aryl methyl sites for hydroxylation is 1. The van der Waals surface area contributed by atoms with Gasteiger partial charge in [0.15, 0.2) is 0 Å². The summed E-state index contributed by atoms with van der Waals surface area (Å²) in [6, 6.07) is 14.3. The molecule has 1 fully saturated rings. The van der Waals surface area contributed by atoms with E-state index in [0.717, 1.165) is 11.1 Å². The summed E-state index contributed by atoms with van der Waals surface area (Å²) in [6.07, 6.45) is 0. The number of nitrogens with zero attached hydrogens (tertiary/aromatic N) is 1. The zero-order chi connectivity index (χ0) is 18.7. The highest BCUT2D eigenvalue weighted by molar-refractivity contribution is 7.99. The second kappa shape index (κ2) is 7.83. The third-order valence-electron chi connectivity index (χ3n) is 4.41. The molecular weight excluding hydrogens is 350 g/mol. The monoisotopic (exact) mass is 371 g/mol. The Labute approximate surface area is 157 Å². The first-order valence-corrected chi connectivity index (χ1v) is 9.32. The van der Waals surface area contributed by atoms with Crippen molar-refractivity contribution in [2.24, 2.45) is 0 Å². The summed E-state index contributed by atoms with van der Waals surface area (Å²) in [4.78, 5) is 27.1. The van der Waals surface area contributed by atoms with Crippen molar-refractivity contribution in [1.82, 2.24) is 4.90 Å². The largest absolute Gasteiger partial charge is 0.497 e. The van der Waals surface area contributed by atoms with E-state index in [1.54, 1.807) is 48.0 Å². The molecule has 0 bridgehead atoms. The first kappa shape index (κ1) is 18.3. The van der Waals surface area contributed by atoms with Gasteiger partial charge in [0, 0.05) is 11.3 Å². The number of carbonyl (C=O) groups is 2. The zero-order valence-corrected chi connectivity index (χ0v) is 15.8. The smallest absolute Gasteiger partial charge is 0.329 e. The fraction of sp³-hybridized carbons (Fsp3) is 0.300. The van der Waals surface area contributed by atoms with Crippen LogP contribution >= 0.6 is 11.8 Å². The molecule has 0 spiro atoms.